The SMILES string of the molecule is CCc1cccc(CC)c1-n1c(SCC(=O)NCc2ccc(Cl)cc2)nnc1-c1ccc(Cl)cc1Cl. The van der Waals surface area contributed by atoms with Crippen molar-refractivity contribution in [3.8, 4) is 17.1 Å². The van der Waals surface area contributed by atoms with Gasteiger partial charge in [-0.15, -0.1) is 10.2 Å². The molecule has 0 radical (unpaired) electrons. The first-order valence-electron chi connectivity index (χ1n) is 11.6. The summed E-state index contributed by atoms with van der Waals surface area (Å²) in [6.07, 6.45) is 1.67. The minimum Gasteiger partial charge on any atom is -0.351 e. The van der Waals surface area contributed by atoms with Crippen LogP contribution in [0.4, 0.5) is 0 Å². The lowest BCUT2D eigenvalue weighted by Gasteiger charge is -2.18. The monoisotopic (exact) mass is 558 g/mol. The van der Waals surface area contributed by atoms with E-state index in [-0.39, 0.29) is 11.7 Å². The molecule has 1 heterocycles. The van der Waals surface area contributed by atoms with Crippen LogP contribution in [0.5, 0.6) is 0 Å². The van der Waals surface area contributed by atoms with Gasteiger partial charge in [-0.1, -0.05) is 90.7 Å². The molecule has 0 aliphatic carbocycles. The van der Waals surface area contributed by atoms with Crippen LogP contribution in [0.2, 0.25) is 15.1 Å². The number of aromatic nitrogens is 3. The fourth-order valence-electron chi connectivity index (χ4n) is 3.90. The number of para-hydroxylation sites is 1. The van der Waals surface area contributed by atoms with Gasteiger partial charge < -0.3 is 5.32 Å². The number of thioether (sulfide) groups is 1. The Morgan fingerprint density at radius 3 is 2.22 bits per heavy atom. The second kappa shape index (κ2) is 12.2. The van der Waals surface area contributed by atoms with E-state index in [1.807, 2.05) is 22.8 Å². The average Bonchev–Trinajstić information content (AvgIpc) is 3.29. The van der Waals surface area contributed by atoms with Gasteiger partial charge in [0, 0.05) is 22.2 Å². The largest absolute Gasteiger partial charge is 0.351 e. The van der Waals surface area contributed by atoms with E-state index in [9.17, 15) is 4.79 Å². The van der Waals surface area contributed by atoms with Gasteiger partial charge in [-0.05, 0) is 59.9 Å². The number of halogens is 3. The second-order valence-corrected chi connectivity index (χ2v) is 10.3. The third kappa shape index (κ3) is 6.06. The zero-order chi connectivity index (χ0) is 25.7. The van der Waals surface area contributed by atoms with Crippen molar-refractivity contribution in [2.45, 2.75) is 38.4 Å². The highest BCUT2D eigenvalue weighted by molar-refractivity contribution is 7.99. The molecule has 4 aromatic rings. The quantitative estimate of drug-likeness (QED) is 0.217. The lowest BCUT2D eigenvalue weighted by molar-refractivity contribution is -0.118. The first kappa shape index (κ1) is 26.6. The van der Waals surface area contributed by atoms with E-state index >= 15 is 0 Å². The van der Waals surface area contributed by atoms with Crippen molar-refractivity contribution in [1.29, 1.82) is 0 Å². The van der Waals surface area contributed by atoms with Gasteiger partial charge in [0.25, 0.3) is 0 Å². The van der Waals surface area contributed by atoms with Crippen LogP contribution in [-0.4, -0.2) is 26.4 Å². The highest BCUT2D eigenvalue weighted by Gasteiger charge is 2.22. The number of carbonyl (C=O) groups is 1. The Bertz CT molecular complexity index is 1350. The minimum atomic E-state index is -0.102. The molecule has 1 amide bonds. The van der Waals surface area contributed by atoms with Crippen molar-refractivity contribution >= 4 is 52.5 Å². The van der Waals surface area contributed by atoms with Gasteiger partial charge >= 0.3 is 0 Å². The fourth-order valence-corrected chi connectivity index (χ4v) is 5.28. The third-order valence-corrected chi connectivity index (χ3v) is 7.46. The molecule has 36 heavy (non-hydrogen) atoms. The molecule has 3 aromatic carbocycles. The molecule has 0 spiro atoms. The van der Waals surface area contributed by atoms with Crippen molar-refractivity contribution in [2.24, 2.45) is 0 Å². The highest BCUT2D eigenvalue weighted by atomic mass is 35.5. The summed E-state index contributed by atoms with van der Waals surface area (Å²) in [5.41, 5.74) is 5.05. The highest BCUT2D eigenvalue weighted by Crippen LogP contribution is 2.35. The van der Waals surface area contributed by atoms with Crippen molar-refractivity contribution in [1.82, 2.24) is 20.1 Å². The summed E-state index contributed by atoms with van der Waals surface area (Å²) < 4.78 is 2.02. The molecule has 1 aromatic heterocycles. The summed E-state index contributed by atoms with van der Waals surface area (Å²) in [6.45, 7) is 4.66. The lowest BCUT2D eigenvalue weighted by Crippen LogP contribution is -2.24. The number of nitrogens with one attached hydrogen (secondary N) is 1. The van der Waals surface area contributed by atoms with E-state index in [2.05, 4.69) is 47.6 Å². The molecule has 0 fully saturated rings. The first-order chi connectivity index (χ1) is 17.4. The first-order valence-corrected chi connectivity index (χ1v) is 13.7. The molecule has 186 valence electrons. The fraction of sp³-hybridized carbons (Fsp3) is 0.222. The van der Waals surface area contributed by atoms with Gasteiger partial charge in [0.15, 0.2) is 11.0 Å². The maximum atomic E-state index is 12.7. The standard InChI is InChI=1S/C27H25Cl3N4OS/c1-3-18-6-5-7-19(4-2)25(18)34-26(22-13-12-21(29)14-23(22)30)32-33-27(34)36-16-24(35)31-15-17-8-10-20(28)11-9-17/h5-14H,3-4,15-16H2,1-2H3,(H,31,35). The molecule has 0 aliphatic rings. The minimum absolute atomic E-state index is 0.102. The van der Waals surface area contributed by atoms with Crippen molar-refractivity contribution < 1.29 is 4.79 Å². The van der Waals surface area contributed by atoms with Gasteiger partial charge in [0.2, 0.25) is 5.91 Å². The Labute approximate surface area is 230 Å². The van der Waals surface area contributed by atoms with Crippen LogP contribution in [0.1, 0.15) is 30.5 Å². The molecular weight excluding hydrogens is 535 g/mol. The Morgan fingerprint density at radius 2 is 1.58 bits per heavy atom. The molecular formula is C27H25Cl3N4OS. The van der Waals surface area contributed by atoms with Gasteiger partial charge in [-0.3, -0.25) is 9.36 Å². The maximum absolute atomic E-state index is 12.7. The van der Waals surface area contributed by atoms with Crippen LogP contribution in [0.3, 0.4) is 0 Å². The number of rotatable bonds is 9. The van der Waals surface area contributed by atoms with E-state index in [1.54, 1.807) is 24.3 Å². The molecule has 0 aliphatic heterocycles. The van der Waals surface area contributed by atoms with Crippen LogP contribution in [-0.2, 0) is 24.2 Å². The number of carbonyl (C=O) groups excluding carboxylic acids is 1. The summed E-state index contributed by atoms with van der Waals surface area (Å²) in [7, 11) is 0. The number of benzene rings is 3. The molecule has 4 rings (SSSR count). The Hall–Kier alpha value is -2.51. The van der Waals surface area contributed by atoms with Gasteiger partial charge in [0.1, 0.15) is 0 Å². The van der Waals surface area contributed by atoms with Crippen LogP contribution in [0, 0.1) is 0 Å². The topological polar surface area (TPSA) is 59.8 Å². The molecule has 0 unspecified atom stereocenters. The molecule has 0 saturated heterocycles. The summed E-state index contributed by atoms with van der Waals surface area (Å²) in [5, 5.41) is 14.2. The van der Waals surface area contributed by atoms with E-state index in [1.165, 1.54) is 11.8 Å². The third-order valence-electron chi connectivity index (χ3n) is 5.73. The van der Waals surface area contributed by atoms with Crippen LogP contribution in [0.15, 0.2) is 65.8 Å². The van der Waals surface area contributed by atoms with Gasteiger partial charge in [-0.2, -0.15) is 0 Å². The summed E-state index contributed by atoms with van der Waals surface area (Å²) in [5.74, 6) is 0.696. The predicted octanol–water partition coefficient (Wildman–Crippen LogP) is 7.43. The Balaban J connectivity index is 1.67. The predicted molar refractivity (Wildman–Crippen MR) is 150 cm³/mol. The Morgan fingerprint density at radius 1 is 0.917 bits per heavy atom. The second-order valence-electron chi connectivity index (χ2n) is 8.09. The van der Waals surface area contributed by atoms with E-state index < -0.39 is 0 Å². The summed E-state index contributed by atoms with van der Waals surface area (Å²) in [4.78, 5) is 12.7. The maximum Gasteiger partial charge on any atom is 0.230 e. The number of nitrogens with zero attached hydrogens (tertiary/aromatic N) is 3. The van der Waals surface area contributed by atoms with E-state index in [0.717, 1.165) is 40.8 Å². The van der Waals surface area contributed by atoms with Crippen LogP contribution < -0.4 is 5.32 Å². The molecule has 0 bridgehead atoms. The number of amides is 1. The molecule has 1 N–H and O–H groups in total. The zero-order valence-corrected chi connectivity index (χ0v) is 23.0. The van der Waals surface area contributed by atoms with Gasteiger partial charge in [-0.25, -0.2) is 0 Å². The number of hydrogen-bond donors (Lipinski definition) is 1. The van der Waals surface area contributed by atoms with Crippen LogP contribution >= 0.6 is 46.6 Å². The number of hydrogen-bond acceptors (Lipinski definition) is 4. The zero-order valence-electron chi connectivity index (χ0n) is 19.9. The molecule has 0 atom stereocenters. The van der Waals surface area contributed by atoms with Crippen molar-refractivity contribution in [3.05, 3.63) is 92.4 Å². The molecule has 0 saturated carbocycles. The van der Waals surface area contributed by atoms with E-state index in [0.29, 0.717) is 32.6 Å². The summed E-state index contributed by atoms with van der Waals surface area (Å²) in [6, 6.07) is 19.0. The normalized spacial score (nSPS) is 11.0. The van der Waals surface area contributed by atoms with Gasteiger partial charge in [0.05, 0.1) is 16.5 Å². The lowest BCUT2D eigenvalue weighted by atomic mass is 10.0. The van der Waals surface area contributed by atoms with Crippen LogP contribution in [0.25, 0.3) is 17.1 Å². The van der Waals surface area contributed by atoms with Crippen molar-refractivity contribution in [2.75, 3.05) is 5.75 Å². The average molecular weight is 560 g/mol. The Kier molecular flexibility index (Phi) is 8.96. The smallest absolute Gasteiger partial charge is 0.230 e. The number of aryl methyl sites for hydroxylation is 2. The van der Waals surface area contributed by atoms with Crippen molar-refractivity contribution in [3.63, 3.8) is 0 Å². The summed E-state index contributed by atoms with van der Waals surface area (Å²) >= 11 is 20.0. The molecule has 5 nitrogen and oxygen atoms in total. The van der Waals surface area contributed by atoms with E-state index in [4.69, 9.17) is 34.8 Å². The molecule has 9 heteroatoms.